The smallest absolute Gasteiger partial charge is 0.347 e. The summed E-state index contributed by atoms with van der Waals surface area (Å²) < 4.78 is 0. The molecule has 0 aliphatic heterocycles. The SMILES string of the molecule is O=C(O)C(Cl)=Cc1ccc(Cc2cccnc2)cc1. The zero-order valence-corrected chi connectivity index (χ0v) is 10.8. The number of carboxylic acids is 1. The summed E-state index contributed by atoms with van der Waals surface area (Å²) >= 11 is 5.57. The number of carbonyl (C=O) groups is 1. The zero-order chi connectivity index (χ0) is 13.7. The van der Waals surface area contributed by atoms with Crippen LogP contribution in [0, 0.1) is 0 Å². The molecule has 1 aromatic heterocycles. The minimum absolute atomic E-state index is 0.194. The molecule has 1 N–H and O–H groups in total. The summed E-state index contributed by atoms with van der Waals surface area (Å²) in [5, 5.41) is 8.49. The first-order valence-corrected chi connectivity index (χ1v) is 6.11. The van der Waals surface area contributed by atoms with Crippen LogP contribution in [-0.4, -0.2) is 16.1 Å². The van der Waals surface area contributed by atoms with Crippen molar-refractivity contribution >= 4 is 23.6 Å². The van der Waals surface area contributed by atoms with Crippen molar-refractivity contribution in [1.29, 1.82) is 0 Å². The molecular formula is C15H12ClNO2. The van der Waals surface area contributed by atoms with E-state index < -0.39 is 5.97 Å². The van der Waals surface area contributed by atoms with Gasteiger partial charge in [-0.3, -0.25) is 4.98 Å². The standard InChI is InChI=1S/C15H12ClNO2/c16-14(15(18)19)9-12-5-3-11(4-6-12)8-13-2-1-7-17-10-13/h1-7,9-10H,8H2,(H,18,19). The second kappa shape index (κ2) is 6.16. The Bertz CT molecular complexity index is 591. The highest BCUT2D eigenvalue weighted by atomic mass is 35.5. The van der Waals surface area contributed by atoms with Gasteiger partial charge in [-0.05, 0) is 35.3 Å². The fourth-order valence-corrected chi connectivity index (χ4v) is 1.80. The number of rotatable bonds is 4. The number of nitrogens with zero attached hydrogens (tertiary/aromatic N) is 1. The van der Waals surface area contributed by atoms with E-state index >= 15 is 0 Å². The number of pyridine rings is 1. The second-order valence-electron chi connectivity index (χ2n) is 4.08. The van der Waals surface area contributed by atoms with E-state index in [0.717, 1.165) is 23.1 Å². The molecule has 19 heavy (non-hydrogen) atoms. The number of halogens is 1. The fourth-order valence-electron chi connectivity index (χ4n) is 1.68. The van der Waals surface area contributed by atoms with E-state index in [1.807, 2.05) is 42.6 Å². The van der Waals surface area contributed by atoms with Crippen molar-refractivity contribution in [1.82, 2.24) is 4.98 Å². The first-order chi connectivity index (χ1) is 9.15. The molecule has 0 fully saturated rings. The minimum Gasteiger partial charge on any atom is -0.477 e. The molecule has 1 heterocycles. The second-order valence-corrected chi connectivity index (χ2v) is 4.48. The molecule has 0 aliphatic carbocycles. The number of aromatic nitrogens is 1. The van der Waals surface area contributed by atoms with Gasteiger partial charge in [0.25, 0.3) is 0 Å². The number of hydrogen-bond acceptors (Lipinski definition) is 2. The Kier molecular flexibility index (Phi) is 4.31. The molecular weight excluding hydrogens is 262 g/mol. The number of benzene rings is 1. The molecule has 0 atom stereocenters. The van der Waals surface area contributed by atoms with Gasteiger partial charge in [-0.25, -0.2) is 4.79 Å². The van der Waals surface area contributed by atoms with Crippen LogP contribution >= 0.6 is 11.6 Å². The minimum atomic E-state index is -1.12. The first kappa shape index (κ1) is 13.3. The van der Waals surface area contributed by atoms with Crippen LogP contribution in [0.4, 0.5) is 0 Å². The average molecular weight is 274 g/mol. The molecule has 0 aliphatic rings. The summed E-state index contributed by atoms with van der Waals surface area (Å²) in [5.74, 6) is -1.12. The topological polar surface area (TPSA) is 50.2 Å². The third-order valence-electron chi connectivity index (χ3n) is 2.61. The van der Waals surface area contributed by atoms with Crippen molar-refractivity contribution < 1.29 is 9.90 Å². The van der Waals surface area contributed by atoms with Crippen LogP contribution < -0.4 is 0 Å². The number of carboxylic acid groups (broad SMARTS) is 1. The summed E-state index contributed by atoms with van der Waals surface area (Å²) in [7, 11) is 0. The van der Waals surface area contributed by atoms with Crippen LogP contribution in [0.25, 0.3) is 6.08 Å². The predicted octanol–water partition coefficient (Wildman–Crippen LogP) is 3.34. The third-order valence-corrected chi connectivity index (χ3v) is 2.88. The van der Waals surface area contributed by atoms with E-state index in [1.165, 1.54) is 6.08 Å². The van der Waals surface area contributed by atoms with Gasteiger partial charge >= 0.3 is 5.97 Å². The van der Waals surface area contributed by atoms with E-state index in [9.17, 15) is 4.79 Å². The van der Waals surface area contributed by atoms with E-state index in [1.54, 1.807) is 6.20 Å². The summed E-state index contributed by atoms with van der Waals surface area (Å²) in [4.78, 5) is 14.7. The van der Waals surface area contributed by atoms with Crippen molar-refractivity contribution in [3.63, 3.8) is 0 Å². The fraction of sp³-hybridized carbons (Fsp3) is 0.0667. The van der Waals surface area contributed by atoms with Crippen LogP contribution in [0.5, 0.6) is 0 Å². The highest BCUT2D eigenvalue weighted by Crippen LogP contribution is 2.14. The quantitative estimate of drug-likeness (QED) is 0.869. The molecule has 3 nitrogen and oxygen atoms in total. The average Bonchev–Trinajstić information content (AvgIpc) is 2.42. The van der Waals surface area contributed by atoms with E-state index in [2.05, 4.69) is 4.98 Å². The van der Waals surface area contributed by atoms with Gasteiger partial charge in [0.05, 0.1) is 0 Å². The van der Waals surface area contributed by atoms with Gasteiger partial charge < -0.3 is 5.11 Å². The molecule has 0 saturated heterocycles. The highest BCUT2D eigenvalue weighted by molar-refractivity contribution is 6.42. The normalized spacial score (nSPS) is 11.3. The molecule has 2 rings (SSSR count). The molecule has 0 amide bonds. The predicted molar refractivity (Wildman–Crippen MR) is 75.0 cm³/mol. The van der Waals surface area contributed by atoms with Crippen LogP contribution in [0.15, 0.2) is 53.8 Å². The Labute approximate surface area is 116 Å². The number of hydrogen-bond donors (Lipinski definition) is 1. The molecule has 0 bridgehead atoms. The lowest BCUT2D eigenvalue weighted by molar-refractivity contribution is -0.131. The van der Waals surface area contributed by atoms with Gasteiger partial charge in [-0.2, -0.15) is 0 Å². The zero-order valence-electron chi connectivity index (χ0n) is 10.1. The summed E-state index contributed by atoms with van der Waals surface area (Å²) in [6.07, 6.45) is 5.79. The van der Waals surface area contributed by atoms with Crippen LogP contribution in [-0.2, 0) is 11.2 Å². The Morgan fingerprint density at radius 3 is 2.53 bits per heavy atom. The molecule has 0 saturated carbocycles. The highest BCUT2D eigenvalue weighted by Gasteiger charge is 2.02. The summed E-state index contributed by atoms with van der Waals surface area (Å²) in [6.45, 7) is 0. The maximum Gasteiger partial charge on any atom is 0.347 e. The van der Waals surface area contributed by atoms with Gasteiger partial charge in [0, 0.05) is 12.4 Å². The van der Waals surface area contributed by atoms with Gasteiger partial charge in [0.1, 0.15) is 5.03 Å². The van der Waals surface area contributed by atoms with Crippen molar-refractivity contribution in [2.24, 2.45) is 0 Å². The van der Waals surface area contributed by atoms with Gasteiger partial charge in [0.15, 0.2) is 0 Å². The van der Waals surface area contributed by atoms with Crippen molar-refractivity contribution in [2.45, 2.75) is 6.42 Å². The molecule has 96 valence electrons. The van der Waals surface area contributed by atoms with Gasteiger partial charge in [-0.15, -0.1) is 0 Å². The van der Waals surface area contributed by atoms with Crippen molar-refractivity contribution in [3.8, 4) is 0 Å². The molecule has 4 heteroatoms. The largest absolute Gasteiger partial charge is 0.477 e. The Balaban J connectivity index is 2.11. The monoisotopic (exact) mass is 273 g/mol. The Morgan fingerprint density at radius 2 is 1.95 bits per heavy atom. The first-order valence-electron chi connectivity index (χ1n) is 5.73. The molecule has 0 unspecified atom stereocenters. The lowest BCUT2D eigenvalue weighted by Crippen LogP contribution is -1.93. The van der Waals surface area contributed by atoms with Gasteiger partial charge in [0.2, 0.25) is 0 Å². The summed E-state index contributed by atoms with van der Waals surface area (Å²) in [5.41, 5.74) is 3.04. The van der Waals surface area contributed by atoms with Crippen LogP contribution in [0.3, 0.4) is 0 Å². The van der Waals surface area contributed by atoms with Gasteiger partial charge in [-0.1, -0.05) is 41.9 Å². The van der Waals surface area contributed by atoms with E-state index in [0.29, 0.717) is 0 Å². The molecule has 1 aromatic carbocycles. The maximum absolute atomic E-state index is 10.6. The maximum atomic E-state index is 10.6. The molecule has 0 spiro atoms. The van der Waals surface area contributed by atoms with Crippen molar-refractivity contribution in [2.75, 3.05) is 0 Å². The van der Waals surface area contributed by atoms with Crippen LogP contribution in [0.2, 0.25) is 0 Å². The Morgan fingerprint density at radius 1 is 1.21 bits per heavy atom. The van der Waals surface area contributed by atoms with Crippen LogP contribution in [0.1, 0.15) is 16.7 Å². The lowest BCUT2D eigenvalue weighted by Gasteiger charge is -2.02. The lowest BCUT2D eigenvalue weighted by atomic mass is 10.0. The number of aliphatic carboxylic acids is 1. The Hall–Kier alpha value is -2.13. The summed E-state index contributed by atoms with van der Waals surface area (Å²) in [6, 6.07) is 11.5. The third kappa shape index (κ3) is 3.93. The molecule has 0 radical (unpaired) electrons. The van der Waals surface area contributed by atoms with E-state index in [4.69, 9.17) is 16.7 Å². The van der Waals surface area contributed by atoms with E-state index in [-0.39, 0.29) is 5.03 Å². The molecule has 2 aromatic rings. The van der Waals surface area contributed by atoms with Crippen molar-refractivity contribution in [3.05, 3.63) is 70.5 Å².